The number of hydrogen-bond acceptors (Lipinski definition) is 4. The summed E-state index contributed by atoms with van der Waals surface area (Å²) in [6.45, 7) is 0. The van der Waals surface area contributed by atoms with E-state index < -0.39 is 17.5 Å². The van der Waals surface area contributed by atoms with Gasteiger partial charge >= 0.3 is 0 Å². The van der Waals surface area contributed by atoms with Crippen LogP contribution in [-0.2, 0) is 0 Å². The summed E-state index contributed by atoms with van der Waals surface area (Å²) < 4.78 is 39.3. The quantitative estimate of drug-likeness (QED) is 0.851. The average Bonchev–Trinajstić information content (AvgIpc) is 2.41. The van der Waals surface area contributed by atoms with E-state index in [0.29, 0.717) is 0 Å². The smallest absolute Gasteiger partial charge is 0.224 e. The summed E-state index contributed by atoms with van der Waals surface area (Å²) in [5.74, 6) is -3.86. The van der Waals surface area contributed by atoms with Gasteiger partial charge in [-0.15, -0.1) is 0 Å². The molecule has 100 valence electrons. The maximum Gasteiger partial charge on any atom is 0.224 e. The fourth-order valence-electron chi connectivity index (χ4n) is 1.33. The molecule has 0 spiro atoms. The Morgan fingerprint density at radius 2 is 1.89 bits per heavy atom. The molecule has 0 saturated carbocycles. The van der Waals surface area contributed by atoms with E-state index in [1.165, 1.54) is 6.20 Å². The molecule has 2 N–H and O–H groups in total. The van der Waals surface area contributed by atoms with Crippen molar-refractivity contribution < 1.29 is 13.2 Å². The minimum atomic E-state index is -1.57. The molecular formula is C11H8ClF3N4. The first-order valence-corrected chi connectivity index (χ1v) is 5.51. The van der Waals surface area contributed by atoms with Crippen LogP contribution in [0.25, 0.3) is 0 Å². The van der Waals surface area contributed by atoms with Gasteiger partial charge in [0.2, 0.25) is 5.95 Å². The van der Waals surface area contributed by atoms with E-state index in [2.05, 4.69) is 20.6 Å². The zero-order chi connectivity index (χ0) is 14.0. The second-order valence-corrected chi connectivity index (χ2v) is 3.90. The molecule has 0 saturated heterocycles. The molecule has 0 amide bonds. The van der Waals surface area contributed by atoms with Crippen molar-refractivity contribution in [3.05, 3.63) is 40.8 Å². The third-order valence-corrected chi connectivity index (χ3v) is 2.53. The number of benzene rings is 1. The first-order valence-electron chi connectivity index (χ1n) is 5.13. The fraction of sp³-hybridized carbons (Fsp3) is 0.0909. The lowest BCUT2D eigenvalue weighted by Gasteiger charge is -2.10. The van der Waals surface area contributed by atoms with Crippen LogP contribution in [-0.4, -0.2) is 17.0 Å². The highest BCUT2D eigenvalue weighted by Crippen LogP contribution is 2.27. The van der Waals surface area contributed by atoms with Crippen LogP contribution in [0, 0.1) is 17.5 Å². The van der Waals surface area contributed by atoms with Gasteiger partial charge in [-0.05, 0) is 12.1 Å². The zero-order valence-corrected chi connectivity index (χ0v) is 10.4. The van der Waals surface area contributed by atoms with E-state index in [-0.39, 0.29) is 22.5 Å². The van der Waals surface area contributed by atoms with Crippen molar-refractivity contribution in [1.82, 2.24) is 9.97 Å². The Kier molecular flexibility index (Phi) is 3.75. The minimum absolute atomic E-state index is 0.0749. The average molecular weight is 289 g/mol. The Labute approximate surface area is 111 Å². The third-order valence-electron chi connectivity index (χ3n) is 2.26. The number of anilines is 3. The highest BCUT2D eigenvalue weighted by Gasteiger charge is 2.15. The van der Waals surface area contributed by atoms with Gasteiger partial charge in [-0.1, -0.05) is 11.6 Å². The Morgan fingerprint density at radius 3 is 2.58 bits per heavy atom. The van der Waals surface area contributed by atoms with Gasteiger partial charge in [-0.2, -0.15) is 4.98 Å². The summed E-state index contributed by atoms with van der Waals surface area (Å²) in [5, 5.41) is 5.26. The van der Waals surface area contributed by atoms with Crippen LogP contribution in [0.15, 0.2) is 18.3 Å². The minimum Gasteiger partial charge on any atom is -0.357 e. The fourth-order valence-corrected chi connectivity index (χ4v) is 1.46. The maximum atomic E-state index is 13.5. The Hall–Kier alpha value is -2.02. The summed E-state index contributed by atoms with van der Waals surface area (Å²) in [6.07, 6.45) is 1.29. The number of aromatic nitrogens is 2. The molecular weight excluding hydrogens is 281 g/mol. The normalized spacial score (nSPS) is 10.4. The monoisotopic (exact) mass is 288 g/mol. The molecule has 0 aliphatic rings. The number of nitrogens with zero attached hydrogens (tertiary/aromatic N) is 2. The molecule has 2 aromatic rings. The molecule has 19 heavy (non-hydrogen) atoms. The second kappa shape index (κ2) is 5.31. The van der Waals surface area contributed by atoms with E-state index in [1.54, 1.807) is 7.05 Å². The predicted molar refractivity (Wildman–Crippen MR) is 66.2 cm³/mol. The van der Waals surface area contributed by atoms with Gasteiger partial charge in [0.1, 0.15) is 5.02 Å². The molecule has 4 nitrogen and oxygen atoms in total. The number of halogens is 4. The Balaban J connectivity index is 2.39. The SMILES string of the molecule is CNc1ncc(Cl)c(Nc2ccc(F)c(F)c2F)n1. The van der Waals surface area contributed by atoms with Crippen LogP contribution in [0.3, 0.4) is 0 Å². The van der Waals surface area contributed by atoms with Crippen molar-refractivity contribution in [2.24, 2.45) is 0 Å². The van der Waals surface area contributed by atoms with E-state index in [1.807, 2.05) is 0 Å². The van der Waals surface area contributed by atoms with Crippen LogP contribution >= 0.6 is 11.6 Å². The lowest BCUT2D eigenvalue weighted by atomic mass is 10.3. The largest absolute Gasteiger partial charge is 0.357 e. The van der Waals surface area contributed by atoms with Crippen molar-refractivity contribution in [3.8, 4) is 0 Å². The van der Waals surface area contributed by atoms with Gasteiger partial charge in [0, 0.05) is 7.05 Å². The van der Waals surface area contributed by atoms with E-state index in [9.17, 15) is 13.2 Å². The molecule has 8 heteroatoms. The van der Waals surface area contributed by atoms with E-state index in [0.717, 1.165) is 12.1 Å². The molecule has 0 radical (unpaired) electrons. The molecule has 0 aliphatic heterocycles. The molecule has 2 rings (SSSR count). The molecule has 0 fully saturated rings. The summed E-state index contributed by atoms with van der Waals surface area (Å²) in [6, 6.07) is 1.85. The lowest BCUT2D eigenvalue weighted by Crippen LogP contribution is -2.03. The van der Waals surface area contributed by atoms with Gasteiger partial charge in [0.05, 0.1) is 11.9 Å². The van der Waals surface area contributed by atoms with Crippen molar-refractivity contribution in [3.63, 3.8) is 0 Å². The number of hydrogen-bond donors (Lipinski definition) is 2. The van der Waals surface area contributed by atoms with Gasteiger partial charge in [-0.3, -0.25) is 0 Å². The summed E-state index contributed by atoms with van der Waals surface area (Å²) in [5.41, 5.74) is -0.276. The van der Waals surface area contributed by atoms with Crippen LogP contribution < -0.4 is 10.6 Å². The lowest BCUT2D eigenvalue weighted by molar-refractivity contribution is 0.449. The summed E-state index contributed by atoms with van der Waals surface area (Å²) in [4.78, 5) is 7.76. The molecule has 0 atom stereocenters. The molecule has 0 unspecified atom stereocenters. The molecule has 1 aromatic carbocycles. The third kappa shape index (κ3) is 2.70. The molecule has 0 bridgehead atoms. The van der Waals surface area contributed by atoms with E-state index in [4.69, 9.17) is 11.6 Å². The molecule has 1 heterocycles. The maximum absolute atomic E-state index is 13.5. The Bertz CT molecular complexity index is 621. The van der Waals surface area contributed by atoms with Crippen LogP contribution in [0.2, 0.25) is 5.02 Å². The van der Waals surface area contributed by atoms with Crippen LogP contribution in [0.5, 0.6) is 0 Å². The van der Waals surface area contributed by atoms with Crippen molar-refractivity contribution >= 4 is 29.1 Å². The second-order valence-electron chi connectivity index (χ2n) is 3.49. The molecule has 1 aromatic heterocycles. The standard InChI is InChI=1S/C11H8ClF3N4/c1-16-11-17-4-5(12)10(19-11)18-7-3-2-6(13)8(14)9(7)15/h2-4H,1H3,(H2,16,17,18,19). The zero-order valence-electron chi connectivity index (χ0n) is 9.64. The number of nitrogens with one attached hydrogen (secondary N) is 2. The van der Waals surface area contributed by atoms with Gasteiger partial charge < -0.3 is 10.6 Å². The van der Waals surface area contributed by atoms with E-state index >= 15 is 0 Å². The predicted octanol–water partition coefficient (Wildman–Crippen LogP) is 3.33. The first-order chi connectivity index (χ1) is 9.02. The van der Waals surface area contributed by atoms with Crippen LogP contribution in [0.1, 0.15) is 0 Å². The molecule has 0 aliphatic carbocycles. The van der Waals surface area contributed by atoms with Crippen molar-refractivity contribution in [2.45, 2.75) is 0 Å². The highest BCUT2D eigenvalue weighted by molar-refractivity contribution is 6.32. The van der Waals surface area contributed by atoms with Crippen LogP contribution in [0.4, 0.5) is 30.6 Å². The Morgan fingerprint density at radius 1 is 1.16 bits per heavy atom. The number of rotatable bonds is 3. The topological polar surface area (TPSA) is 49.8 Å². The highest BCUT2D eigenvalue weighted by atomic mass is 35.5. The van der Waals surface area contributed by atoms with Gasteiger partial charge in [-0.25, -0.2) is 18.2 Å². The van der Waals surface area contributed by atoms with Gasteiger partial charge in [0.25, 0.3) is 0 Å². The van der Waals surface area contributed by atoms with Crippen molar-refractivity contribution in [2.75, 3.05) is 17.7 Å². The summed E-state index contributed by atoms with van der Waals surface area (Å²) >= 11 is 5.82. The van der Waals surface area contributed by atoms with Crippen molar-refractivity contribution in [1.29, 1.82) is 0 Å². The summed E-state index contributed by atoms with van der Waals surface area (Å²) in [7, 11) is 1.59. The van der Waals surface area contributed by atoms with Gasteiger partial charge in [0.15, 0.2) is 23.3 Å². The first kappa shape index (κ1) is 13.4.